The molecule has 2 rings (SSSR count). The van der Waals surface area contributed by atoms with Gasteiger partial charge >= 0.3 is 0 Å². The molecule has 4 nitrogen and oxygen atoms in total. The van der Waals surface area contributed by atoms with E-state index in [0.29, 0.717) is 5.56 Å². The van der Waals surface area contributed by atoms with Gasteiger partial charge in [0.1, 0.15) is 0 Å². The molecule has 24 heavy (non-hydrogen) atoms. The Bertz CT molecular complexity index is 696. The largest absolute Gasteiger partial charge is 0.348 e. The molecule has 0 saturated carbocycles. The van der Waals surface area contributed by atoms with E-state index in [1.165, 1.54) is 5.56 Å². The van der Waals surface area contributed by atoms with E-state index in [2.05, 4.69) is 26.6 Å². The van der Waals surface area contributed by atoms with Gasteiger partial charge in [-0.3, -0.25) is 9.59 Å². The second kappa shape index (κ2) is 8.64. The van der Waals surface area contributed by atoms with Crippen LogP contribution in [0.5, 0.6) is 0 Å². The van der Waals surface area contributed by atoms with Crippen molar-refractivity contribution in [1.82, 2.24) is 10.6 Å². The molecule has 0 fully saturated rings. The molecule has 0 bridgehead atoms. The Kier molecular flexibility index (Phi) is 6.55. The maximum atomic E-state index is 12.1. The number of benzene rings is 2. The van der Waals surface area contributed by atoms with Crippen molar-refractivity contribution in [2.24, 2.45) is 0 Å². The lowest BCUT2D eigenvalue weighted by Crippen LogP contribution is -2.38. The number of hydrogen-bond donors (Lipinski definition) is 2. The SMILES string of the molecule is CC[C@@H](NC(=O)CNC(=O)c1ccc(Br)cc1)c1ccc(C)cc1. The van der Waals surface area contributed by atoms with Crippen LogP contribution in [-0.4, -0.2) is 18.4 Å². The summed E-state index contributed by atoms with van der Waals surface area (Å²) in [5.74, 6) is -0.464. The fraction of sp³-hybridized carbons (Fsp3) is 0.263. The summed E-state index contributed by atoms with van der Waals surface area (Å²) in [4.78, 5) is 24.1. The maximum absolute atomic E-state index is 12.1. The first kappa shape index (κ1) is 18.2. The number of aryl methyl sites for hydroxylation is 1. The molecule has 0 aliphatic heterocycles. The van der Waals surface area contributed by atoms with Crippen LogP contribution >= 0.6 is 15.9 Å². The van der Waals surface area contributed by atoms with Crippen molar-refractivity contribution in [2.75, 3.05) is 6.54 Å². The summed E-state index contributed by atoms with van der Waals surface area (Å²) in [6.07, 6.45) is 0.787. The van der Waals surface area contributed by atoms with Crippen LogP contribution in [-0.2, 0) is 4.79 Å². The Labute approximate surface area is 150 Å². The predicted octanol–water partition coefficient (Wildman–Crippen LogP) is 3.75. The van der Waals surface area contributed by atoms with Gasteiger partial charge in [0, 0.05) is 10.0 Å². The highest BCUT2D eigenvalue weighted by Crippen LogP contribution is 2.17. The summed E-state index contributed by atoms with van der Waals surface area (Å²) < 4.78 is 0.903. The number of hydrogen-bond acceptors (Lipinski definition) is 2. The molecule has 2 amide bonds. The summed E-state index contributed by atoms with van der Waals surface area (Å²) in [6.45, 7) is 4.00. The summed E-state index contributed by atoms with van der Waals surface area (Å²) in [6, 6.07) is 15.0. The third-order valence-electron chi connectivity index (χ3n) is 3.74. The van der Waals surface area contributed by atoms with Crippen molar-refractivity contribution in [1.29, 1.82) is 0 Å². The van der Waals surface area contributed by atoms with E-state index in [9.17, 15) is 9.59 Å². The summed E-state index contributed by atoms with van der Waals surface area (Å²) in [5, 5.41) is 5.60. The van der Waals surface area contributed by atoms with E-state index >= 15 is 0 Å². The third-order valence-corrected chi connectivity index (χ3v) is 4.27. The molecule has 0 heterocycles. The first-order valence-corrected chi connectivity index (χ1v) is 8.68. The van der Waals surface area contributed by atoms with Gasteiger partial charge in [-0.15, -0.1) is 0 Å². The van der Waals surface area contributed by atoms with Crippen LogP contribution in [0.4, 0.5) is 0 Å². The van der Waals surface area contributed by atoms with Crippen molar-refractivity contribution < 1.29 is 9.59 Å². The van der Waals surface area contributed by atoms with Crippen LogP contribution < -0.4 is 10.6 Å². The van der Waals surface area contributed by atoms with Crippen molar-refractivity contribution >= 4 is 27.7 Å². The fourth-order valence-electron chi connectivity index (χ4n) is 2.33. The van der Waals surface area contributed by atoms with Gasteiger partial charge in [-0.05, 0) is 43.2 Å². The molecule has 0 saturated heterocycles. The van der Waals surface area contributed by atoms with E-state index < -0.39 is 0 Å². The molecule has 126 valence electrons. The van der Waals surface area contributed by atoms with Crippen LogP contribution in [0.1, 0.15) is 40.9 Å². The zero-order chi connectivity index (χ0) is 17.5. The molecular formula is C19H21BrN2O2. The molecule has 1 atom stereocenters. The first-order chi connectivity index (χ1) is 11.5. The van der Waals surface area contributed by atoms with Crippen molar-refractivity contribution in [3.63, 3.8) is 0 Å². The number of carbonyl (C=O) groups excluding carboxylic acids is 2. The smallest absolute Gasteiger partial charge is 0.251 e. The van der Waals surface area contributed by atoms with Crippen molar-refractivity contribution in [3.8, 4) is 0 Å². The molecule has 5 heteroatoms. The van der Waals surface area contributed by atoms with Gasteiger partial charge in [0.05, 0.1) is 12.6 Å². The Hall–Kier alpha value is -2.14. The van der Waals surface area contributed by atoms with Crippen LogP contribution in [0, 0.1) is 6.92 Å². The quantitative estimate of drug-likeness (QED) is 0.791. The highest BCUT2D eigenvalue weighted by molar-refractivity contribution is 9.10. The Balaban J connectivity index is 1.88. The van der Waals surface area contributed by atoms with E-state index in [-0.39, 0.29) is 24.4 Å². The molecule has 0 spiro atoms. The average molecular weight is 389 g/mol. The Morgan fingerprint density at radius 3 is 2.25 bits per heavy atom. The van der Waals surface area contributed by atoms with Gasteiger partial charge in [-0.1, -0.05) is 52.7 Å². The minimum atomic E-state index is -0.263. The molecule has 0 unspecified atom stereocenters. The van der Waals surface area contributed by atoms with E-state index in [1.54, 1.807) is 24.3 Å². The number of carbonyl (C=O) groups is 2. The lowest BCUT2D eigenvalue weighted by atomic mass is 10.0. The van der Waals surface area contributed by atoms with Crippen LogP contribution in [0.15, 0.2) is 53.0 Å². The zero-order valence-electron chi connectivity index (χ0n) is 13.8. The second-order valence-corrected chi connectivity index (χ2v) is 6.54. The topological polar surface area (TPSA) is 58.2 Å². The normalized spacial score (nSPS) is 11.6. The van der Waals surface area contributed by atoms with Gasteiger partial charge in [0.15, 0.2) is 0 Å². The average Bonchev–Trinajstić information content (AvgIpc) is 2.59. The molecule has 2 aromatic rings. The van der Waals surface area contributed by atoms with Crippen LogP contribution in [0.3, 0.4) is 0 Å². The lowest BCUT2D eigenvalue weighted by molar-refractivity contribution is -0.120. The van der Waals surface area contributed by atoms with Crippen LogP contribution in [0.25, 0.3) is 0 Å². The Morgan fingerprint density at radius 2 is 1.67 bits per heavy atom. The second-order valence-electron chi connectivity index (χ2n) is 5.63. The number of nitrogens with one attached hydrogen (secondary N) is 2. The third kappa shape index (κ3) is 5.20. The van der Waals surface area contributed by atoms with Crippen molar-refractivity contribution in [3.05, 3.63) is 69.7 Å². The minimum absolute atomic E-state index is 0.0444. The van der Waals surface area contributed by atoms with Gasteiger partial charge in [-0.2, -0.15) is 0 Å². The fourth-order valence-corrected chi connectivity index (χ4v) is 2.59. The molecule has 2 N–H and O–H groups in total. The minimum Gasteiger partial charge on any atom is -0.348 e. The summed E-state index contributed by atoms with van der Waals surface area (Å²) in [7, 11) is 0. The number of halogens is 1. The van der Waals surface area contributed by atoms with Gasteiger partial charge in [0.25, 0.3) is 5.91 Å². The summed E-state index contributed by atoms with van der Waals surface area (Å²) >= 11 is 3.32. The molecule has 0 aromatic heterocycles. The van der Waals surface area contributed by atoms with Crippen molar-refractivity contribution in [2.45, 2.75) is 26.3 Å². The molecule has 0 aliphatic carbocycles. The molecule has 0 aliphatic rings. The number of amides is 2. The molecule has 0 radical (unpaired) electrons. The van der Waals surface area contributed by atoms with E-state index in [4.69, 9.17) is 0 Å². The summed E-state index contributed by atoms with van der Waals surface area (Å²) in [5.41, 5.74) is 2.77. The Morgan fingerprint density at radius 1 is 1.04 bits per heavy atom. The zero-order valence-corrected chi connectivity index (χ0v) is 15.4. The predicted molar refractivity (Wildman–Crippen MR) is 98.8 cm³/mol. The van der Waals surface area contributed by atoms with Gasteiger partial charge in [-0.25, -0.2) is 0 Å². The van der Waals surface area contributed by atoms with E-state index in [1.807, 2.05) is 38.1 Å². The highest BCUT2D eigenvalue weighted by atomic mass is 79.9. The highest BCUT2D eigenvalue weighted by Gasteiger charge is 2.13. The monoisotopic (exact) mass is 388 g/mol. The standard InChI is InChI=1S/C19H21BrN2O2/c1-3-17(14-6-4-13(2)5-7-14)22-18(23)12-21-19(24)15-8-10-16(20)11-9-15/h4-11,17H,3,12H2,1-2H3,(H,21,24)(H,22,23)/t17-/m1/s1. The number of rotatable bonds is 6. The van der Waals surface area contributed by atoms with Gasteiger partial charge in [0.2, 0.25) is 5.91 Å². The lowest BCUT2D eigenvalue weighted by Gasteiger charge is -2.18. The van der Waals surface area contributed by atoms with Crippen LogP contribution in [0.2, 0.25) is 0 Å². The maximum Gasteiger partial charge on any atom is 0.251 e. The molecular weight excluding hydrogens is 368 g/mol. The van der Waals surface area contributed by atoms with E-state index in [0.717, 1.165) is 16.5 Å². The van der Waals surface area contributed by atoms with Gasteiger partial charge < -0.3 is 10.6 Å². The first-order valence-electron chi connectivity index (χ1n) is 7.89. The molecule has 2 aromatic carbocycles.